The van der Waals surface area contributed by atoms with E-state index in [4.69, 9.17) is 11.6 Å². The van der Waals surface area contributed by atoms with Gasteiger partial charge in [-0.2, -0.15) is 0 Å². The number of rotatable bonds is 1. The molecule has 0 amide bonds. The van der Waals surface area contributed by atoms with E-state index >= 15 is 0 Å². The van der Waals surface area contributed by atoms with Gasteiger partial charge in [-0.3, -0.25) is 4.79 Å². The predicted octanol–water partition coefficient (Wildman–Crippen LogP) is 2.67. The van der Waals surface area contributed by atoms with Crippen molar-refractivity contribution in [3.63, 3.8) is 0 Å². The molecule has 0 atom stereocenters. The first-order valence-corrected chi connectivity index (χ1v) is 4.89. The van der Waals surface area contributed by atoms with Gasteiger partial charge in [0.05, 0.1) is 0 Å². The van der Waals surface area contributed by atoms with E-state index in [0.717, 1.165) is 10.8 Å². The molecular weight excluding hydrogens is 198 g/mol. The second-order valence-corrected chi connectivity index (χ2v) is 3.57. The van der Waals surface area contributed by atoms with Crippen molar-refractivity contribution < 1.29 is 0 Å². The van der Waals surface area contributed by atoms with Gasteiger partial charge in [0, 0.05) is 23.2 Å². The molecule has 2 aromatic rings. The molecule has 0 spiro atoms. The zero-order chi connectivity index (χ0) is 10.1. The molecule has 1 aromatic heterocycles. The summed E-state index contributed by atoms with van der Waals surface area (Å²) in [6.45, 7) is 2.64. The Hall–Kier alpha value is -1.28. The lowest BCUT2D eigenvalue weighted by atomic mass is 10.2. The van der Waals surface area contributed by atoms with Crippen LogP contribution in [0.2, 0.25) is 5.02 Å². The third-order valence-corrected chi connectivity index (χ3v) is 2.51. The van der Waals surface area contributed by atoms with E-state index in [2.05, 4.69) is 0 Å². The summed E-state index contributed by atoms with van der Waals surface area (Å²) >= 11 is 5.84. The number of fused-ring (bicyclic) bond motifs is 1. The van der Waals surface area contributed by atoms with Gasteiger partial charge >= 0.3 is 0 Å². The maximum atomic E-state index is 11.8. The fraction of sp³-hybridized carbons (Fsp3) is 0.182. The maximum Gasteiger partial charge on any atom is 0.258 e. The molecule has 72 valence electrons. The number of hydrogen-bond acceptors (Lipinski definition) is 1. The molecule has 2 nitrogen and oxygen atoms in total. The standard InChI is InChI=1S/C11H10ClNO/c1-2-13-6-5-8-7-9(12)3-4-10(8)11(13)14/h3-7H,2H2,1H3. The van der Waals surface area contributed by atoms with Crippen molar-refractivity contribution >= 4 is 22.4 Å². The van der Waals surface area contributed by atoms with Crippen molar-refractivity contribution in [3.05, 3.63) is 45.8 Å². The van der Waals surface area contributed by atoms with E-state index in [-0.39, 0.29) is 5.56 Å². The first-order valence-electron chi connectivity index (χ1n) is 4.51. The van der Waals surface area contributed by atoms with Crippen molar-refractivity contribution in [2.75, 3.05) is 0 Å². The van der Waals surface area contributed by atoms with Gasteiger partial charge in [0.1, 0.15) is 0 Å². The Morgan fingerprint density at radius 3 is 2.86 bits per heavy atom. The van der Waals surface area contributed by atoms with Crippen LogP contribution in [0, 0.1) is 0 Å². The zero-order valence-electron chi connectivity index (χ0n) is 7.83. The summed E-state index contributed by atoms with van der Waals surface area (Å²) in [7, 11) is 0. The Morgan fingerprint density at radius 2 is 2.14 bits per heavy atom. The van der Waals surface area contributed by atoms with Gasteiger partial charge in [-0.25, -0.2) is 0 Å². The van der Waals surface area contributed by atoms with Crippen LogP contribution in [0.4, 0.5) is 0 Å². The van der Waals surface area contributed by atoms with Crippen molar-refractivity contribution in [3.8, 4) is 0 Å². The van der Waals surface area contributed by atoms with Crippen molar-refractivity contribution in [2.24, 2.45) is 0 Å². The van der Waals surface area contributed by atoms with Crippen LogP contribution in [-0.2, 0) is 6.54 Å². The molecule has 0 bridgehead atoms. The van der Waals surface area contributed by atoms with Gasteiger partial charge in [0.25, 0.3) is 5.56 Å². The minimum Gasteiger partial charge on any atom is -0.315 e. The van der Waals surface area contributed by atoms with Crippen molar-refractivity contribution in [1.29, 1.82) is 0 Å². The van der Waals surface area contributed by atoms with Crippen LogP contribution < -0.4 is 5.56 Å². The number of halogens is 1. The Bertz CT molecular complexity index is 530. The first kappa shape index (κ1) is 9.28. The minimum atomic E-state index is 0.0432. The lowest BCUT2D eigenvalue weighted by Crippen LogP contribution is -2.17. The van der Waals surface area contributed by atoms with Crippen LogP contribution in [0.1, 0.15) is 6.92 Å². The summed E-state index contributed by atoms with van der Waals surface area (Å²) in [5.74, 6) is 0. The summed E-state index contributed by atoms with van der Waals surface area (Å²) in [5, 5.41) is 2.28. The molecule has 3 heteroatoms. The molecule has 1 aromatic carbocycles. The third kappa shape index (κ3) is 1.42. The highest BCUT2D eigenvalue weighted by atomic mass is 35.5. The number of aromatic nitrogens is 1. The fourth-order valence-electron chi connectivity index (χ4n) is 1.51. The van der Waals surface area contributed by atoms with E-state index in [9.17, 15) is 4.79 Å². The van der Waals surface area contributed by atoms with E-state index in [0.29, 0.717) is 11.6 Å². The van der Waals surface area contributed by atoms with Gasteiger partial charge in [0.2, 0.25) is 0 Å². The van der Waals surface area contributed by atoms with E-state index in [1.165, 1.54) is 0 Å². The summed E-state index contributed by atoms with van der Waals surface area (Å²) in [5.41, 5.74) is 0.0432. The number of pyridine rings is 1. The van der Waals surface area contributed by atoms with Crippen LogP contribution >= 0.6 is 11.6 Å². The molecule has 2 rings (SSSR count). The minimum absolute atomic E-state index is 0.0432. The SMILES string of the molecule is CCn1ccc2cc(Cl)ccc2c1=O. The second kappa shape index (κ2) is 3.46. The van der Waals surface area contributed by atoms with Crippen molar-refractivity contribution in [2.45, 2.75) is 13.5 Å². The molecule has 0 aliphatic carbocycles. The van der Waals surface area contributed by atoms with Crippen LogP contribution in [0.3, 0.4) is 0 Å². The average molecular weight is 208 g/mol. The third-order valence-electron chi connectivity index (χ3n) is 2.28. The lowest BCUT2D eigenvalue weighted by Gasteiger charge is -2.03. The highest BCUT2D eigenvalue weighted by Crippen LogP contribution is 2.15. The number of benzene rings is 1. The molecule has 14 heavy (non-hydrogen) atoms. The Labute approximate surface area is 86.7 Å². The molecule has 0 radical (unpaired) electrons. The fourth-order valence-corrected chi connectivity index (χ4v) is 1.69. The van der Waals surface area contributed by atoms with Crippen molar-refractivity contribution in [1.82, 2.24) is 4.57 Å². The lowest BCUT2D eigenvalue weighted by molar-refractivity contribution is 0.735. The van der Waals surface area contributed by atoms with E-state index < -0.39 is 0 Å². The maximum absolute atomic E-state index is 11.8. The molecular formula is C11H10ClNO. The van der Waals surface area contributed by atoms with E-state index in [1.807, 2.05) is 13.0 Å². The largest absolute Gasteiger partial charge is 0.315 e. The summed E-state index contributed by atoms with van der Waals surface area (Å²) < 4.78 is 1.68. The quantitative estimate of drug-likeness (QED) is 0.705. The number of nitrogens with zero attached hydrogens (tertiary/aromatic N) is 1. The molecule has 0 fully saturated rings. The highest BCUT2D eigenvalue weighted by Gasteiger charge is 2.01. The van der Waals surface area contributed by atoms with Gasteiger partial charge < -0.3 is 4.57 Å². The molecule has 0 aliphatic heterocycles. The summed E-state index contributed by atoms with van der Waals surface area (Å²) in [6, 6.07) is 7.22. The Morgan fingerprint density at radius 1 is 1.36 bits per heavy atom. The Balaban J connectivity index is 2.84. The molecule has 0 N–H and O–H groups in total. The predicted molar refractivity (Wildman–Crippen MR) is 58.9 cm³/mol. The number of aryl methyl sites for hydroxylation is 1. The molecule has 0 saturated heterocycles. The molecule has 1 heterocycles. The molecule has 0 unspecified atom stereocenters. The van der Waals surface area contributed by atoms with E-state index in [1.54, 1.807) is 29.0 Å². The topological polar surface area (TPSA) is 22.0 Å². The summed E-state index contributed by atoms with van der Waals surface area (Å²) in [4.78, 5) is 11.8. The van der Waals surface area contributed by atoms with Crippen LogP contribution in [-0.4, -0.2) is 4.57 Å². The normalized spacial score (nSPS) is 10.7. The van der Waals surface area contributed by atoms with Crippen LogP contribution in [0.15, 0.2) is 35.3 Å². The van der Waals surface area contributed by atoms with Gasteiger partial charge in [0.15, 0.2) is 0 Å². The molecule has 0 saturated carbocycles. The smallest absolute Gasteiger partial charge is 0.258 e. The zero-order valence-corrected chi connectivity index (χ0v) is 8.58. The average Bonchev–Trinajstić information content (AvgIpc) is 2.18. The molecule has 0 aliphatic rings. The first-order chi connectivity index (χ1) is 6.72. The van der Waals surface area contributed by atoms with Crippen LogP contribution in [0.25, 0.3) is 10.8 Å². The monoisotopic (exact) mass is 207 g/mol. The van der Waals surface area contributed by atoms with Gasteiger partial charge in [-0.1, -0.05) is 11.6 Å². The summed E-state index contributed by atoms with van der Waals surface area (Å²) in [6.07, 6.45) is 1.79. The van der Waals surface area contributed by atoms with Gasteiger partial charge in [-0.15, -0.1) is 0 Å². The van der Waals surface area contributed by atoms with Gasteiger partial charge in [-0.05, 0) is 36.6 Å². The number of hydrogen-bond donors (Lipinski definition) is 0. The Kier molecular flexibility index (Phi) is 2.30. The highest BCUT2D eigenvalue weighted by molar-refractivity contribution is 6.31. The van der Waals surface area contributed by atoms with Crippen LogP contribution in [0.5, 0.6) is 0 Å². The second-order valence-electron chi connectivity index (χ2n) is 3.14.